The van der Waals surface area contributed by atoms with E-state index in [0.29, 0.717) is 11.1 Å². The zero-order valence-corrected chi connectivity index (χ0v) is 12.7. The van der Waals surface area contributed by atoms with Crippen molar-refractivity contribution in [1.82, 2.24) is 20.1 Å². The van der Waals surface area contributed by atoms with E-state index in [1.807, 2.05) is 6.07 Å². The van der Waals surface area contributed by atoms with E-state index in [9.17, 15) is 9.59 Å². The predicted octanol–water partition coefficient (Wildman–Crippen LogP) is 1.22. The fourth-order valence-electron chi connectivity index (χ4n) is 2.29. The number of amides is 2. The first-order chi connectivity index (χ1) is 11.6. The second-order valence-corrected chi connectivity index (χ2v) is 5.11. The molecule has 0 fully saturated rings. The Bertz CT molecular complexity index is 829. The summed E-state index contributed by atoms with van der Waals surface area (Å²) >= 11 is 0. The molecule has 0 radical (unpaired) electrons. The van der Waals surface area contributed by atoms with Crippen LogP contribution in [-0.2, 0) is 4.79 Å². The van der Waals surface area contributed by atoms with Crippen LogP contribution in [0.25, 0.3) is 5.69 Å². The summed E-state index contributed by atoms with van der Waals surface area (Å²) in [6.07, 6.45) is 2.99. The maximum absolute atomic E-state index is 12.4. The first kappa shape index (κ1) is 15.4. The average Bonchev–Trinajstić information content (AvgIpc) is 3.15. The number of nitrogens with one attached hydrogen (secondary N) is 1. The SMILES string of the molecule is NC(=O)C(NC(=O)c1ccc(-n2cncn2)cc1)c1ccccc1. The minimum Gasteiger partial charge on any atom is -0.368 e. The third kappa shape index (κ3) is 3.30. The molecule has 3 N–H and O–H groups in total. The first-order valence-electron chi connectivity index (χ1n) is 7.25. The zero-order valence-electron chi connectivity index (χ0n) is 12.7. The molecule has 7 heteroatoms. The van der Waals surface area contributed by atoms with Crippen molar-refractivity contribution in [2.24, 2.45) is 5.73 Å². The molecule has 0 aliphatic rings. The molecule has 0 saturated carbocycles. The van der Waals surface area contributed by atoms with Gasteiger partial charge in [-0.05, 0) is 29.8 Å². The fourth-order valence-corrected chi connectivity index (χ4v) is 2.29. The Morgan fingerprint density at radius 1 is 1.04 bits per heavy atom. The third-order valence-electron chi connectivity index (χ3n) is 3.51. The lowest BCUT2D eigenvalue weighted by atomic mass is 10.1. The van der Waals surface area contributed by atoms with Gasteiger partial charge in [-0.2, -0.15) is 5.10 Å². The van der Waals surface area contributed by atoms with Crippen molar-refractivity contribution in [3.05, 3.63) is 78.4 Å². The smallest absolute Gasteiger partial charge is 0.252 e. The molecule has 2 aromatic carbocycles. The van der Waals surface area contributed by atoms with Gasteiger partial charge >= 0.3 is 0 Å². The second-order valence-electron chi connectivity index (χ2n) is 5.11. The number of nitrogens with zero attached hydrogens (tertiary/aromatic N) is 3. The molecular weight excluding hydrogens is 306 g/mol. The number of hydrogen-bond donors (Lipinski definition) is 2. The van der Waals surface area contributed by atoms with Crippen molar-refractivity contribution in [3.63, 3.8) is 0 Å². The quantitative estimate of drug-likeness (QED) is 0.737. The van der Waals surface area contributed by atoms with E-state index >= 15 is 0 Å². The lowest BCUT2D eigenvalue weighted by Crippen LogP contribution is -2.37. The Labute approximate surface area is 138 Å². The van der Waals surface area contributed by atoms with E-state index in [1.165, 1.54) is 6.33 Å². The monoisotopic (exact) mass is 321 g/mol. The Kier molecular flexibility index (Phi) is 4.33. The number of nitrogens with two attached hydrogens (primary N) is 1. The van der Waals surface area contributed by atoms with E-state index in [1.54, 1.807) is 59.5 Å². The molecule has 3 rings (SSSR count). The molecule has 1 aromatic heterocycles. The van der Waals surface area contributed by atoms with Crippen molar-refractivity contribution in [2.75, 3.05) is 0 Å². The summed E-state index contributed by atoms with van der Waals surface area (Å²) in [5.41, 5.74) is 7.24. The topological polar surface area (TPSA) is 103 Å². The van der Waals surface area contributed by atoms with Gasteiger partial charge in [-0.15, -0.1) is 0 Å². The number of carbonyl (C=O) groups is 2. The highest BCUT2D eigenvalue weighted by Gasteiger charge is 2.20. The zero-order chi connectivity index (χ0) is 16.9. The summed E-state index contributed by atoms with van der Waals surface area (Å²) in [6, 6.07) is 14.8. The van der Waals surface area contributed by atoms with Gasteiger partial charge in [0, 0.05) is 5.56 Å². The lowest BCUT2D eigenvalue weighted by molar-refractivity contribution is -0.120. The van der Waals surface area contributed by atoms with Gasteiger partial charge in [0.1, 0.15) is 18.7 Å². The molecule has 0 bridgehead atoms. The van der Waals surface area contributed by atoms with E-state index in [0.717, 1.165) is 5.69 Å². The molecule has 0 saturated heterocycles. The molecule has 1 unspecified atom stereocenters. The summed E-state index contributed by atoms with van der Waals surface area (Å²) in [6.45, 7) is 0. The molecular formula is C17H15N5O2. The molecule has 7 nitrogen and oxygen atoms in total. The minimum atomic E-state index is -0.881. The van der Waals surface area contributed by atoms with Gasteiger partial charge in [0.05, 0.1) is 5.69 Å². The molecule has 1 heterocycles. The van der Waals surface area contributed by atoms with Gasteiger partial charge in [0.25, 0.3) is 5.91 Å². The van der Waals surface area contributed by atoms with Crippen LogP contribution in [-0.4, -0.2) is 26.6 Å². The van der Waals surface area contributed by atoms with Crippen molar-refractivity contribution in [3.8, 4) is 5.69 Å². The number of benzene rings is 2. The standard InChI is InChI=1S/C17H15N5O2/c18-16(23)15(12-4-2-1-3-5-12)21-17(24)13-6-8-14(9-7-13)22-11-19-10-20-22/h1-11,15H,(H2,18,23)(H,21,24). The predicted molar refractivity (Wildman–Crippen MR) is 87.2 cm³/mol. The average molecular weight is 321 g/mol. The molecule has 0 aliphatic carbocycles. The van der Waals surface area contributed by atoms with Crippen LogP contribution in [0.5, 0.6) is 0 Å². The summed E-state index contributed by atoms with van der Waals surface area (Å²) < 4.78 is 1.58. The molecule has 0 spiro atoms. The normalized spacial score (nSPS) is 11.7. The Morgan fingerprint density at radius 2 is 1.75 bits per heavy atom. The number of hydrogen-bond acceptors (Lipinski definition) is 4. The van der Waals surface area contributed by atoms with Crippen LogP contribution in [0.3, 0.4) is 0 Å². The van der Waals surface area contributed by atoms with Gasteiger partial charge in [0.2, 0.25) is 5.91 Å². The summed E-state index contributed by atoms with van der Waals surface area (Å²) in [5, 5.41) is 6.67. The summed E-state index contributed by atoms with van der Waals surface area (Å²) in [7, 11) is 0. The first-order valence-corrected chi connectivity index (χ1v) is 7.25. The van der Waals surface area contributed by atoms with E-state index in [2.05, 4.69) is 15.4 Å². The highest BCUT2D eigenvalue weighted by molar-refractivity contribution is 5.97. The summed E-state index contributed by atoms with van der Waals surface area (Å²) in [4.78, 5) is 27.9. The van der Waals surface area contributed by atoms with Crippen LogP contribution >= 0.6 is 0 Å². The van der Waals surface area contributed by atoms with E-state index < -0.39 is 11.9 Å². The maximum atomic E-state index is 12.4. The number of aromatic nitrogens is 3. The Morgan fingerprint density at radius 3 is 2.33 bits per heavy atom. The van der Waals surface area contributed by atoms with Crippen LogP contribution in [0.1, 0.15) is 22.0 Å². The lowest BCUT2D eigenvalue weighted by Gasteiger charge is -2.16. The van der Waals surface area contributed by atoms with Gasteiger partial charge in [0.15, 0.2) is 0 Å². The third-order valence-corrected chi connectivity index (χ3v) is 3.51. The van der Waals surface area contributed by atoms with E-state index in [-0.39, 0.29) is 5.91 Å². The number of primary amides is 1. The van der Waals surface area contributed by atoms with Crippen molar-refractivity contribution < 1.29 is 9.59 Å². The second kappa shape index (κ2) is 6.74. The van der Waals surface area contributed by atoms with Crippen molar-refractivity contribution >= 4 is 11.8 Å². The van der Waals surface area contributed by atoms with Crippen molar-refractivity contribution in [1.29, 1.82) is 0 Å². The van der Waals surface area contributed by atoms with Crippen molar-refractivity contribution in [2.45, 2.75) is 6.04 Å². The van der Waals surface area contributed by atoms with Crippen LogP contribution in [0, 0.1) is 0 Å². The number of rotatable bonds is 5. The molecule has 0 aliphatic heterocycles. The molecule has 24 heavy (non-hydrogen) atoms. The minimum absolute atomic E-state index is 0.382. The van der Waals surface area contributed by atoms with Crippen LogP contribution < -0.4 is 11.1 Å². The highest BCUT2D eigenvalue weighted by atomic mass is 16.2. The molecule has 120 valence electrons. The number of carbonyl (C=O) groups excluding carboxylic acids is 2. The molecule has 1 atom stereocenters. The molecule has 2 amide bonds. The van der Waals surface area contributed by atoms with Gasteiger partial charge in [-0.1, -0.05) is 30.3 Å². The largest absolute Gasteiger partial charge is 0.368 e. The van der Waals surface area contributed by atoms with Crippen LogP contribution in [0.15, 0.2) is 67.3 Å². The van der Waals surface area contributed by atoms with Gasteiger partial charge in [-0.3, -0.25) is 9.59 Å². The van der Waals surface area contributed by atoms with Crippen LogP contribution in [0.2, 0.25) is 0 Å². The summed E-state index contributed by atoms with van der Waals surface area (Å²) in [5.74, 6) is -0.999. The highest BCUT2D eigenvalue weighted by Crippen LogP contribution is 2.14. The Hall–Kier alpha value is -3.48. The molecule has 3 aromatic rings. The van der Waals surface area contributed by atoms with E-state index in [4.69, 9.17) is 5.73 Å². The fraction of sp³-hybridized carbons (Fsp3) is 0.0588. The van der Waals surface area contributed by atoms with Crippen LogP contribution in [0.4, 0.5) is 0 Å². The maximum Gasteiger partial charge on any atom is 0.252 e. The van der Waals surface area contributed by atoms with Gasteiger partial charge in [-0.25, -0.2) is 9.67 Å². The Balaban J connectivity index is 1.77. The van der Waals surface area contributed by atoms with Gasteiger partial charge < -0.3 is 11.1 Å².